The summed E-state index contributed by atoms with van der Waals surface area (Å²) in [6, 6.07) is 0. The number of carbonyl (C=O) groups excluding carboxylic acids is 1. The molecule has 0 atom stereocenters. The first kappa shape index (κ1) is 8.07. The summed E-state index contributed by atoms with van der Waals surface area (Å²) >= 11 is 0. The molecule has 1 rings (SSSR count). The standard InChI is InChI=1S/C7H10O4/c1-7(2)10-5(4-8)3-6(9)11-7/h3,8H,4H2,1-2H3. The minimum absolute atomic E-state index is 0.242. The van der Waals surface area contributed by atoms with Gasteiger partial charge in [0.2, 0.25) is 5.79 Å². The van der Waals surface area contributed by atoms with Gasteiger partial charge in [0.15, 0.2) is 0 Å². The second kappa shape index (κ2) is 2.54. The second-order valence-electron chi connectivity index (χ2n) is 2.69. The monoisotopic (exact) mass is 158 g/mol. The normalized spacial score (nSPS) is 21.7. The van der Waals surface area contributed by atoms with Crippen LogP contribution in [-0.4, -0.2) is 23.5 Å². The Morgan fingerprint density at radius 3 is 2.64 bits per heavy atom. The van der Waals surface area contributed by atoms with Gasteiger partial charge < -0.3 is 14.6 Å². The van der Waals surface area contributed by atoms with Crippen LogP contribution in [0.1, 0.15) is 13.8 Å². The van der Waals surface area contributed by atoms with Crippen molar-refractivity contribution in [1.82, 2.24) is 0 Å². The van der Waals surface area contributed by atoms with E-state index in [1.165, 1.54) is 0 Å². The lowest BCUT2D eigenvalue weighted by atomic mass is 10.3. The predicted molar refractivity (Wildman–Crippen MR) is 36.4 cm³/mol. The van der Waals surface area contributed by atoms with E-state index < -0.39 is 11.8 Å². The third-order valence-electron chi connectivity index (χ3n) is 1.16. The number of hydrogen-bond donors (Lipinski definition) is 1. The summed E-state index contributed by atoms with van der Waals surface area (Å²) in [7, 11) is 0. The number of ether oxygens (including phenoxy) is 2. The fourth-order valence-corrected chi connectivity index (χ4v) is 0.847. The van der Waals surface area contributed by atoms with Gasteiger partial charge in [-0.05, 0) is 0 Å². The van der Waals surface area contributed by atoms with E-state index in [1.807, 2.05) is 0 Å². The molecule has 0 aromatic heterocycles. The highest BCUT2D eigenvalue weighted by atomic mass is 16.7. The molecule has 0 saturated carbocycles. The van der Waals surface area contributed by atoms with Gasteiger partial charge in [-0.1, -0.05) is 0 Å². The highest BCUT2D eigenvalue weighted by Gasteiger charge is 2.29. The molecule has 62 valence electrons. The zero-order valence-electron chi connectivity index (χ0n) is 6.46. The largest absolute Gasteiger partial charge is 0.454 e. The smallest absolute Gasteiger partial charge is 0.337 e. The Labute approximate surface area is 64.4 Å². The lowest BCUT2D eigenvalue weighted by Crippen LogP contribution is -2.35. The molecule has 0 aliphatic carbocycles. The Morgan fingerprint density at radius 2 is 2.18 bits per heavy atom. The second-order valence-corrected chi connectivity index (χ2v) is 2.69. The van der Waals surface area contributed by atoms with Crippen molar-refractivity contribution in [2.75, 3.05) is 6.61 Å². The van der Waals surface area contributed by atoms with Crippen LogP contribution in [0.25, 0.3) is 0 Å². The molecule has 0 unspecified atom stereocenters. The maximum absolute atomic E-state index is 10.8. The number of hydrogen-bond acceptors (Lipinski definition) is 4. The number of rotatable bonds is 1. The van der Waals surface area contributed by atoms with E-state index in [0.717, 1.165) is 6.08 Å². The van der Waals surface area contributed by atoms with Crippen molar-refractivity contribution in [3.8, 4) is 0 Å². The van der Waals surface area contributed by atoms with E-state index in [2.05, 4.69) is 0 Å². The van der Waals surface area contributed by atoms with Crippen LogP contribution in [-0.2, 0) is 14.3 Å². The molecule has 0 amide bonds. The number of aliphatic hydroxyl groups excluding tert-OH is 1. The van der Waals surface area contributed by atoms with Gasteiger partial charge in [-0.25, -0.2) is 4.79 Å². The van der Waals surface area contributed by atoms with Gasteiger partial charge in [-0.3, -0.25) is 0 Å². The lowest BCUT2D eigenvalue weighted by Gasteiger charge is -2.29. The Morgan fingerprint density at radius 1 is 1.55 bits per heavy atom. The van der Waals surface area contributed by atoms with Crippen molar-refractivity contribution in [2.45, 2.75) is 19.6 Å². The number of aliphatic hydroxyl groups is 1. The van der Waals surface area contributed by atoms with Crippen molar-refractivity contribution in [2.24, 2.45) is 0 Å². The highest BCUT2D eigenvalue weighted by molar-refractivity contribution is 5.83. The molecule has 0 bridgehead atoms. The van der Waals surface area contributed by atoms with Gasteiger partial charge in [0.1, 0.15) is 12.4 Å². The quantitative estimate of drug-likeness (QED) is 0.553. The van der Waals surface area contributed by atoms with Crippen LogP contribution in [0, 0.1) is 0 Å². The topological polar surface area (TPSA) is 55.8 Å². The van der Waals surface area contributed by atoms with Gasteiger partial charge in [0.25, 0.3) is 0 Å². The Kier molecular flexibility index (Phi) is 1.87. The van der Waals surface area contributed by atoms with Crippen molar-refractivity contribution in [1.29, 1.82) is 0 Å². The minimum Gasteiger partial charge on any atom is -0.454 e. The summed E-state index contributed by atoms with van der Waals surface area (Å²) in [6.07, 6.45) is 1.13. The Bertz CT molecular complexity index is 204. The minimum atomic E-state index is -0.954. The lowest BCUT2D eigenvalue weighted by molar-refractivity contribution is -0.207. The Balaban J connectivity index is 2.78. The van der Waals surface area contributed by atoms with Crippen molar-refractivity contribution >= 4 is 5.97 Å². The first-order valence-corrected chi connectivity index (χ1v) is 3.27. The zero-order chi connectivity index (χ0) is 8.48. The third kappa shape index (κ3) is 1.94. The molecule has 0 aromatic carbocycles. The van der Waals surface area contributed by atoms with Gasteiger partial charge >= 0.3 is 5.97 Å². The fourth-order valence-electron chi connectivity index (χ4n) is 0.847. The van der Waals surface area contributed by atoms with Crippen LogP contribution in [0.3, 0.4) is 0 Å². The molecular formula is C7H10O4. The molecule has 1 aliphatic rings. The molecule has 0 fully saturated rings. The summed E-state index contributed by atoms with van der Waals surface area (Å²) in [5, 5.41) is 8.64. The first-order chi connectivity index (χ1) is 5.03. The van der Waals surface area contributed by atoms with Crippen LogP contribution < -0.4 is 0 Å². The van der Waals surface area contributed by atoms with Gasteiger partial charge in [0, 0.05) is 13.8 Å². The predicted octanol–water partition coefficient (Wildman–Crippen LogP) is 0.172. The van der Waals surface area contributed by atoms with Gasteiger partial charge in [-0.15, -0.1) is 0 Å². The van der Waals surface area contributed by atoms with Gasteiger partial charge in [0.05, 0.1) is 6.08 Å². The average Bonchev–Trinajstić information content (AvgIpc) is 1.83. The van der Waals surface area contributed by atoms with Crippen LogP contribution >= 0.6 is 0 Å². The molecule has 0 radical (unpaired) electrons. The Hall–Kier alpha value is -1.03. The number of carbonyl (C=O) groups is 1. The maximum atomic E-state index is 10.8. The van der Waals surface area contributed by atoms with E-state index in [9.17, 15) is 4.79 Å². The highest BCUT2D eigenvalue weighted by Crippen LogP contribution is 2.20. The molecule has 0 spiro atoms. The summed E-state index contributed by atoms with van der Waals surface area (Å²) in [5.41, 5.74) is 0. The molecule has 4 heteroatoms. The third-order valence-corrected chi connectivity index (χ3v) is 1.16. The van der Waals surface area contributed by atoms with Crippen LogP contribution in [0.15, 0.2) is 11.8 Å². The van der Waals surface area contributed by atoms with Gasteiger partial charge in [-0.2, -0.15) is 0 Å². The van der Waals surface area contributed by atoms with Crippen molar-refractivity contribution < 1.29 is 19.4 Å². The SMILES string of the molecule is CC1(C)OC(=O)C=C(CO)O1. The van der Waals surface area contributed by atoms with E-state index >= 15 is 0 Å². The van der Waals surface area contributed by atoms with E-state index in [0.29, 0.717) is 0 Å². The average molecular weight is 158 g/mol. The van der Waals surface area contributed by atoms with Crippen molar-refractivity contribution in [3.63, 3.8) is 0 Å². The molecule has 4 nitrogen and oxygen atoms in total. The summed E-state index contributed by atoms with van der Waals surface area (Å²) < 4.78 is 9.82. The van der Waals surface area contributed by atoms with E-state index in [1.54, 1.807) is 13.8 Å². The van der Waals surface area contributed by atoms with E-state index in [4.69, 9.17) is 14.6 Å². The van der Waals surface area contributed by atoms with Crippen LogP contribution in [0.4, 0.5) is 0 Å². The first-order valence-electron chi connectivity index (χ1n) is 3.27. The summed E-state index contributed by atoms with van der Waals surface area (Å²) in [6.45, 7) is 2.93. The molecule has 1 N–H and O–H groups in total. The zero-order valence-corrected chi connectivity index (χ0v) is 6.46. The number of esters is 1. The molecule has 1 heterocycles. The van der Waals surface area contributed by atoms with Crippen LogP contribution in [0.2, 0.25) is 0 Å². The van der Waals surface area contributed by atoms with Crippen molar-refractivity contribution in [3.05, 3.63) is 11.8 Å². The summed E-state index contributed by atoms with van der Waals surface area (Å²) in [5.74, 6) is -1.19. The molecule has 0 aromatic rings. The molecular weight excluding hydrogens is 148 g/mol. The molecule has 1 aliphatic heterocycles. The fraction of sp³-hybridized carbons (Fsp3) is 0.571. The molecule has 11 heavy (non-hydrogen) atoms. The van der Waals surface area contributed by atoms with Crippen LogP contribution in [0.5, 0.6) is 0 Å². The maximum Gasteiger partial charge on any atom is 0.337 e. The van der Waals surface area contributed by atoms with E-state index in [-0.39, 0.29) is 12.4 Å². The summed E-state index contributed by atoms with van der Waals surface area (Å²) in [4.78, 5) is 10.8. The number of cyclic esters (lactones) is 1. The molecule has 0 saturated heterocycles.